The Morgan fingerprint density at radius 3 is 1.55 bits per heavy atom. The molecule has 8 aromatic rings. The zero-order chi connectivity index (χ0) is 54.5. The number of carbonyl (C=O) groups is 2. The minimum atomic E-state index is -0.786. The average molecular weight is 1100 g/mol. The van der Waals surface area contributed by atoms with Gasteiger partial charge in [-0.3, -0.25) is 19.2 Å². The van der Waals surface area contributed by atoms with Crippen LogP contribution in [0.1, 0.15) is 98.1 Å². The van der Waals surface area contributed by atoms with Crippen LogP contribution in [-0.2, 0) is 23.4 Å². The first kappa shape index (κ1) is 53.8. The van der Waals surface area contributed by atoms with E-state index in [0.717, 1.165) is 59.3 Å². The molecule has 3 aliphatic rings. The Labute approximate surface area is 444 Å². The third-order valence-electron chi connectivity index (χ3n) is 14.7. The van der Waals surface area contributed by atoms with Gasteiger partial charge in [0.2, 0.25) is 0 Å². The number of hydrogen-bond acceptors (Lipinski definition) is 10. The predicted molar refractivity (Wildman–Crippen MR) is 288 cm³/mol. The number of carbonyl (C=O) groups excluding carboxylic acids is 2. The van der Waals surface area contributed by atoms with Gasteiger partial charge in [-0.1, -0.05) is 35.9 Å². The minimum Gasteiger partial charge on any atom is -0.399 e. The Hall–Kier alpha value is -7.02. The maximum atomic E-state index is 14.5. The number of halogens is 5. The van der Waals surface area contributed by atoms with Crippen molar-refractivity contribution < 1.29 is 36.5 Å². The summed E-state index contributed by atoms with van der Waals surface area (Å²) in [7, 11) is 2.74. The van der Waals surface area contributed by atoms with Gasteiger partial charge in [-0.25, -0.2) is 17.6 Å². The first-order chi connectivity index (χ1) is 36.0. The molecular formula is C58H54BBrF4N6O6. The number of hydrogen-bond donors (Lipinski definition) is 0. The fourth-order valence-electron chi connectivity index (χ4n) is 9.11. The van der Waals surface area contributed by atoms with Crippen molar-refractivity contribution in [2.75, 3.05) is 0 Å². The molecule has 390 valence electrons. The molecule has 2 saturated carbocycles. The fraction of sp³-hybridized carbons (Fsp3) is 0.310. The van der Waals surface area contributed by atoms with E-state index in [0.29, 0.717) is 67.6 Å². The third-order valence-corrected chi connectivity index (χ3v) is 15.2. The summed E-state index contributed by atoms with van der Waals surface area (Å²) in [6.45, 7) is 12.1. The molecule has 0 atom stereocenters. The maximum Gasteiger partial charge on any atom is 0.495 e. The van der Waals surface area contributed by atoms with E-state index in [2.05, 4.69) is 36.3 Å². The van der Waals surface area contributed by atoms with Crippen molar-refractivity contribution in [3.05, 3.63) is 168 Å². The summed E-state index contributed by atoms with van der Waals surface area (Å²) in [5, 5.41) is 17.0. The maximum absolute atomic E-state index is 14.5. The second-order valence-electron chi connectivity index (χ2n) is 20.9. The summed E-state index contributed by atoms with van der Waals surface area (Å²) >= 11 is 3.17. The lowest BCUT2D eigenvalue weighted by Crippen LogP contribution is -2.41. The number of benzene rings is 4. The highest BCUT2D eigenvalue weighted by atomic mass is 79.9. The molecule has 0 spiro atoms. The highest BCUT2D eigenvalue weighted by Gasteiger charge is 2.52. The predicted octanol–water partition coefficient (Wildman–Crippen LogP) is 11.5. The summed E-state index contributed by atoms with van der Waals surface area (Å²) in [5.74, 6) is -1.53. The molecule has 1 saturated heterocycles. The molecule has 76 heavy (non-hydrogen) atoms. The van der Waals surface area contributed by atoms with Gasteiger partial charge < -0.3 is 18.4 Å². The highest BCUT2D eigenvalue weighted by Crippen LogP contribution is 2.38. The van der Waals surface area contributed by atoms with Crippen molar-refractivity contribution >= 4 is 61.9 Å². The fourth-order valence-corrected chi connectivity index (χ4v) is 9.62. The summed E-state index contributed by atoms with van der Waals surface area (Å²) in [5.41, 5.74) is 5.40. The van der Waals surface area contributed by atoms with Crippen molar-refractivity contribution in [2.45, 2.75) is 91.3 Å². The quantitative estimate of drug-likeness (QED) is 0.0736. The normalized spacial score (nSPS) is 15.5. The second kappa shape index (κ2) is 21.2. The Morgan fingerprint density at radius 2 is 1.07 bits per heavy atom. The van der Waals surface area contributed by atoms with Crippen LogP contribution in [0.2, 0.25) is 0 Å². The van der Waals surface area contributed by atoms with Crippen molar-refractivity contribution in [2.24, 2.45) is 25.9 Å². The number of aromatic nitrogens is 6. The molecule has 0 amide bonds. The lowest BCUT2D eigenvalue weighted by atomic mass is 9.75. The first-order valence-electron chi connectivity index (χ1n) is 24.9. The molecule has 0 bridgehead atoms. The number of pyridine rings is 2. The van der Waals surface area contributed by atoms with Crippen LogP contribution in [0, 0.1) is 49.0 Å². The Balaban J connectivity index is 0.000000145. The lowest BCUT2D eigenvalue weighted by Gasteiger charge is -2.32. The summed E-state index contributed by atoms with van der Waals surface area (Å²) in [6, 6.07) is 21.0. The average Bonchev–Trinajstić information content (AvgIpc) is 4.32. The third kappa shape index (κ3) is 11.1. The van der Waals surface area contributed by atoms with Gasteiger partial charge in [-0.15, -0.1) is 10.2 Å². The number of fused-ring (bicyclic) bond motifs is 2. The van der Waals surface area contributed by atoms with Crippen LogP contribution in [0.4, 0.5) is 17.6 Å². The summed E-state index contributed by atoms with van der Waals surface area (Å²) < 4.78 is 70.3. The number of nitrogens with zero attached hydrogens (tertiary/aromatic N) is 6. The lowest BCUT2D eigenvalue weighted by molar-refractivity contribution is 0.00578. The van der Waals surface area contributed by atoms with E-state index in [-0.39, 0.29) is 56.4 Å². The standard InChI is InChI=1S/C26H21F2N3O2.C18H25BO3.C14H8BrF2N3O/c1-14-3-6-16(23(32)9-15-4-5-15)10-20(14)21-11-17-13-29-30-24(25(17)31(2)26(21)33)19-8-7-18(27)12-22(19)28;1-12-6-9-14(16(20)10-13-7-8-13)11-15(12)19-21-17(2,3)18(4,5)22-19;1-20-13-7(4-10(15)14(20)21)6-18-19-12(13)9-3-2-8(16)5-11(9)17/h3,6-8,10-13,15H,4-5,9H2,1-2H3;6,9,11,13H,7-8,10H2,1-5H3;2-6H,1H3. The van der Waals surface area contributed by atoms with E-state index < -0.39 is 30.4 Å². The van der Waals surface area contributed by atoms with Crippen molar-refractivity contribution in [1.29, 1.82) is 0 Å². The molecule has 5 heterocycles. The van der Waals surface area contributed by atoms with E-state index >= 15 is 0 Å². The Bertz CT molecular complexity index is 3750. The molecule has 2 aliphatic carbocycles. The van der Waals surface area contributed by atoms with Crippen LogP contribution in [0.5, 0.6) is 0 Å². The summed E-state index contributed by atoms with van der Waals surface area (Å²) in [6.07, 6.45) is 8.75. The first-order valence-corrected chi connectivity index (χ1v) is 25.7. The number of rotatable bonds is 10. The Morgan fingerprint density at radius 1 is 0.605 bits per heavy atom. The molecule has 12 nitrogen and oxygen atoms in total. The van der Waals surface area contributed by atoms with Crippen LogP contribution in [0.3, 0.4) is 0 Å². The molecule has 0 radical (unpaired) electrons. The zero-order valence-corrected chi connectivity index (χ0v) is 44.8. The Kier molecular flexibility index (Phi) is 15.0. The molecule has 3 fully saturated rings. The van der Waals surface area contributed by atoms with Crippen LogP contribution < -0.4 is 16.6 Å². The summed E-state index contributed by atoms with van der Waals surface area (Å²) in [4.78, 5) is 50.4. The van der Waals surface area contributed by atoms with Gasteiger partial charge in [-0.2, -0.15) is 10.2 Å². The van der Waals surface area contributed by atoms with Crippen LogP contribution in [0.25, 0.3) is 55.4 Å². The largest absolute Gasteiger partial charge is 0.495 e. The van der Waals surface area contributed by atoms with E-state index in [4.69, 9.17) is 9.31 Å². The van der Waals surface area contributed by atoms with Gasteiger partial charge in [0.1, 0.15) is 34.7 Å². The zero-order valence-electron chi connectivity index (χ0n) is 43.2. The molecule has 0 N–H and O–H groups in total. The molecule has 0 unspecified atom stereocenters. The number of ketones is 2. The molecule has 4 aromatic carbocycles. The van der Waals surface area contributed by atoms with Crippen molar-refractivity contribution in [3.8, 4) is 33.6 Å². The molecule has 18 heteroatoms. The van der Waals surface area contributed by atoms with Gasteiger partial charge in [0.25, 0.3) is 11.1 Å². The van der Waals surface area contributed by atoms with Gasteiger partial charge in [-0.05, 0) is 154 Å². The monoisotopic (exact) mass is 1100 g/mol. The van der Waals surface area contributed by atoms with Gasteiger partial charge in [0.05, 0.1) is 39.1 Å². The van der Waals surface area contributed by atoms with Gasteiger partial charge in [0.15, 0.2) is 11.6 Å². The van der Waals surface area contributed by atoms with Crippen molar-refractivity contribution in [3.63, 3.8) is 0 Å². The second-order valence-corrected chi connectivity index (χ2v) is 21.7. The number of aryl methyl sites for hydroxylation is 4. The van der Waals surface area contributed by atoms with Gasteiger partial charge in [0, 0.05) is 77.7 Å². The van der Waals surface area contributed by atoms with E-state index in [9.17, 15) is 36.7 Å². The smallest absolute Gasteiger partial charge is 0.399 e. The molecule has 4 aromatic heterocycles. The molecular weight excluding hydrogens is 1040 g/mol. The van der Waals surface area contributed by atoms with E-state index in [1.165, 1.54) is 46.5 Å². The SMILES string of the molecule is Cc1ccc(C(=O)CC2CC2)cc1-c1cc2cnnc(-c3ccc(F)cc3F)c2n(C)c1=O.Cc1ccc(C(=O)CC2CC2)cc1B1OC(C)(C)C(C)(C)O1.Cn1c(=O)c(Br)cc2cnnc(-c3ccc(F)cc3F)c21. The number of Topliss-reactive ketones (excluding diaryl/α,β-unsaturated/α-hetero) is 2. The topological polar surface area (TPSA) is 148 Å². The highest BCUT2D eigenvalue weighted by molar-refractivity contribution is 9.10. The van der Waals surface area contributed by atoms with Crippen LogP contribution >= 0.6 is 15.9 Å². The molecule has 1 aliphatic heterocycles. The van der Waals surface area contributed by atoms with Crippen LogP contribution in [-0.4, -0.2) is 59.4 Å². The van der Waals surface area contributed by atoms with Gasteiger partial charge >= 0.3 is 7.12 Å². The van der Waals surface area contributed by atoms with E-state index in [1.54, 1.807) is 38.4 Å². The minimum absolute atomic E-state index is 0.0566. The van der Waals surface area contributed by atoms with E-state index in [1.807, 2.05) is 65.8 Å². The molecule has 11 rings (SSSR count). The van der Waals surface area contributed by atoms with Crippen LogP contribution in [0.15, 0.2) is 111 Å². The van der Waals surface area contributed by atoms with Crippen molar-refractivity contribution in [1.82, 2.24) is 29.5 Å².